The molecular weight excluding hydrogens is 355 g/mol. The molecule has 0 saturated heterocycles. The molecule has 1 saturated carbocycles. The third-order valence-electron chi connectivity index (χ3n) is 3.89. The maximum atomic E-state index is 12.7. The normalized spacial score (nSPS) is 15.8. The zero-order chi connectivity index (χ0) is 17.3. The zero-order valence-corrected chi connectivity index (χ0v) is 13.9. The van der Waals surface area contributed by atoms with Gasteiger partial charge < -0.3 is 0 Å². The first-order valence-electron chi connectivity index (χ1n) is 7.26. The average molecular weight is 367 g/mol. The SMILES string of the molecule is O=C1CCCC(=O)C1C(=O)c1ccc(Cl)c(Cn2ncnn2)c1Cl. The van der Waals surface area contributed by atoms with Crippen LogP contribution in [0, 0.1) is 5.92 Å². The second kappa shape index (κ2) is 6.78. The third-order valence-corrected chi connectivity index (χ3v) is 4.68. The van der Waals surface area contributed by atoms with Gasteiger partial charge in [-0.25, -0.2) is 0 Å². The van der Waals surface area contributed by atoms with E-state index in [-0.39, 0.29) is 41.5 Å². The van der Waals surface area contributed by atoms with Crippen molar-refractivity contribution in [1.29, 1.82) is 0 Å². The molecule has 0 aliphatic heterocycles. The van der Waals surface area contributed by atoms with Crippen LogP contribution in [0.4, 0.5) is 0 Å². The van der Waals surface area contributed by atoms with Crippen molar-refractivity contribution >= 4 is 40.6 Å². The summed E-state index contributed by atoms with van der Waals surface area (Å²) < 4.78 is 0. The molecule has 0 unspecified atom stereocenters. The third kappa shape index (κ3) is 3.09. The van der Waals surface area contributed by atoms with Crippen LogP contribution in [-0.4, -0.2) is 37.6 Å². The van der Waals surface area contributed by atoms with Crippen molar-refractivity contribution in [3.8, 4) is 0 Å². The maximum absolute atomic E-state index is 12.7. The van der Waals surface area contributed by atoms with Gasteiger partial charge in [-0.15, -0.1) is 10.2 Å². The summed E-state index contributed by atoms with van der Waals surface area (Å²) >= 11 is 12.5. The summed E-state index contributed by atoms with van der Waals surface area (Å²) in [5, 5.41) is 11.6. The van der Waals surface area contributed by atoms with E-state index >= 15 is 0 Å². The first-order chi connectivity index (χ1) is 11.5. The van der Waals surface area contributed by atoms with E-state index in [4.69, 9.17) is 23.2 Å². The Labute approximate surface area is 146 Å². The van der Waals surface area contributed by atoms with E-state index in [9.17, 15) is 14.4 Å². The number of tetrazole rings is 1. The zero-order valence-electron chi connectivity index (χ0n) is 12.4. The topological polar surface area (TPSA) is 94.8 Å². The molecule has 24 heavy (non-hydrogen) atoms. The van der Waals surface area contributed by atoms with Crippen molar-refractivity contribution in [3.63, 3.8) is 0 Å². The number of nitrogens with zero attached hydrogens (tertiary/aromatic N) is 4. The summed E-state index contributed by atoms with van der Waals surface area (Å²) in [6, 6.07) is 2.94. The molecule has 0 amide bonds. The number of Topliss-reactive ketones (excluding diaryl/α,β-unsaturated/α-hetero) is 3. The van der Waals surface area contributed by atoms with Crippen LogP contribution >= 0.6 is 23.2 Å². The fraction of sp³-hybridized carbons (Fsp3) is 0.333. The van der Waals surface area contributed by atoms with Gasteiger partial charge in [0.05, 0.1) is 11.6 Å². The van der Waals surface area contributed by atoms with E-state index in [2.05, 4.69) is 15.4 Å². The number of ketones is 3. The van der Waals surface area contributed by atoms with E-state index in [1.165, 1.54) is 23.3 Å². The van der Waals surface area contributed by atoms with E-state index < -0.39 is 11.7 Å². The standard InChI is InChI=1S/C15H12Cl2N4O3/c16-10-5-4-8(14(17)9(10)6-21-19-7-18-20-21)15(24)13-11(22)2-1-3-12(13)23/h4-5,7,13H,1-3,6H2. The molecule has 0 N–H and O–H groups in total. The molecule has 1 aromatic carbocycles. The molecule has 2 aromatic rings. The molecule has 0 atom stereocenters. The highest BCUT2D eigenvalue weighted by Gasteiger charge is 2.37. The average Bonchev–Trinajstić information content (AvgIpc) is 3.04. The molecular formula is C15H12Cl2N4O3. The molecule has 0 radical (unpaired) electrons. The smallest absolute Gasteiger partial charge is 0.182 e. The molecule has 7 nitrogen and oxygen atoms in total. The van der Waals surface area contributed by atoms with Crippen LogP contribution in [0.5, 0.6) is 0 Å². The van der Waals surface area contributed by atoms with Crippen LogP contribution < -0.4 is 0 Å². The van der Waals surface area contributed by atoms with Crippen molar-refractivity contribution < 1.29 is 14.4 Å². The van der Waals surface area contributed by atoms with Gasteiger partial charge >= 0.3 is 0 Å². The summed E-state index contributed by atoms with van der Waals surface area (Å²) in [6.45, 7) is 0.116. The molecule has 3 rings (SSSR count). The number of carbonyl (C=O) groups excluding carboxylic acids is 3. The Kier molecular flexibility index (Phi) is 4.73. The van der Waals surface area contributed by atoms with Gasteiger partial charge in [0.1, 0.15) is 5.92 Å². The van der Waals surface area contributed by atoms with Crippen molar-refractivity contribution in [2.45, 2.75) is 25.8 Å². The summed E-state index contributed by atoms with van der Waals surface area (Å²) in [4.78, 5) is 37.9. The number of rotatable bonds is 4. The molecule has 1 fully saturated rings. The predicted molar refractivity (Wildman–Crippen MR) is 85.1 cm³/mol. The summed E-state index contributed by atoms with van der Waals surface area (Å²) in [6.07, 6.45) is 2.20. The van der Waals surface area contributed by atoms with Crippen molar-refractivity contribution in [2.75, 3.05) is 0 Å². The Morgan fingerprint density at radius 3 is 2.54 bits per heavy atom. The second-order valence-electron chi connectivity index (χ2n) is 5.44. The van der Waals surface area contributed by atoms with Crippen LogP contribution in [0.1, 0.15) is 35.2 Å². The lowest BCUT2D eigenvalue weighted by molar-refractivity contribution is -0.133. The lowest BCUT2D eigenvalue weighted by Crippen LogP contribution is -2.35. The minimum atomic E-state index is -1.27. The molecule has 1 heterocycles. The van der Waals surface area contributed by atoms with Crippen LogP contribution in [-0.2, 0) is 16.1 Å². The first-order valence-corrected chi connectivity index (χ1v) is 8.02. The molecule has 0 spiro atoms. The second-order valence-corrected chi connectivity index (χ2v) is 6.22. The monoisotopic (exact) mass is 366 g/mol. The Morgan fingerprint density at radius 1 is 1.21 bits per heavy atom. The van der Waals surface area contributed by atoms with Gasteiger partial charge in [-0.1, -0.05) is 23.2 Å². The van der Waals surface area contributed by atoms with E-state index in [0.29, 0.717) is 17.0 Å². The van der Waals surface area contributed by atoms with Gasteiger partial charge in [-0.05, 0) is 23.8 Å². The van der Waals surface area contributed by atoms with Crippen molar-refractivity contribution in [1.82, 2.24) is 20.2 Å². The highest BCUT2D eigenvalue weighted by atomic mass is 35.5. The first kappa shape index (κ1) is 16.7. The lowest BCUT2D eigenvalue weighted by atomic mass is 9.81. The summed E-state index contributed by atoms with van der Waals surface area (Å²) in [7, 11) is 0. The van der Waals surface area contributed by atoms with Gasteiger partial charge in [0.2, 0.25) is 0 Å². The highest BCUT2D eigenvalue weighted by Crippen LogP contribution is 2.32. The van der Waals surface area contributed by atoms with E-state index in [1.54, 1.807) is 0 Å². The Hall–Kier alpha value is -2.12. The quantitative estimate of drug-likeness (QED) is 0.607. The van der Waals surface area contributed by atoms with Crippen LogP contribution in [0.25, 0.3) is 0 Å². The minimum Gasteiger partial charge on any atom is -0.298 e. The van der Waals surface area contributed by atoms with Crippen LogP contribution in [0.2, 0.25) is 10.0 Å². The number of carbonyl (C=O) groups is 3. The molecule has 1 aromatic heterocycles. The lowest BCUT2D eigenvalue weighted by Gasteiger charge is -2.19. The maximum Gasteiger partial charge on any atom is 0.182 e. The summed E-state index contributed by atoms with van der Waals surface area (Å²) in [5.74, 6) is -2.57. The number of benzene rings is 1. The predicted octanol–water partition coefficient (Wildman–Crippen LogP) is 2.15. The number of hydrogen-bond donors (Lipinski definition) is 0. The summed E-state index contributed by atoms with van der Waals surface area (Å²) in [5.41, 5.74) is 0.530. The Morgan fingerprint density at radius 2 is 1.92 bits per heavy atom. The van der Waals surface area contributed by atoms with Crippen molar-refractivity contribution in [3.05, 3.63) is 39.6 Å². The molecule has 1 aliphatic carbocycles. The van der Waals surface area contributed by atoms with E-state index in [0.717, 1.165) is 0 Å². The van der Waals surface area contributed by atoms with Gasteiger partial charge in [0.25, 0.3) is 0 Å². The molecule has 1 aliphatic rings. The number of aromatic nitrogens is 4. The fourth-order valence-corrected chi connectivity index (χ4v) is 3.27. The van der Waals surface area contributed by atoms with Gasteiger partial charge in [0.15, 0.2) is 23.7 Å². The van der Waals surface area contributed by atoms with Gasteiger partial charge in [-0.2, -0.15) is 4.80 Å². The molecule has 0 bridgehead atoms. The Balaban J connectivity index is 1.97. The largest absolute Gasteiger partial charge is 0.298 e. The van der Waals surface area contributed by atoms with Crippen LogP contribution in [0.15, 0.2) is 18.5 Å². The molecule has 9 heteroatoms. The molecule has 124 valence electrons. The fourth-order valence-electron chi connectivity index (χ4n) is 2.69. The Bertz CT molecular complexity index is 804. The number of hydrogen-bond acceptors (Lipinski definition) is 6. The minimum absolute atomic E-state index is 0.0935. The highest BCUT2D eigenvalue weighted by molar-refractivity contribution is 6.39. The van der Waals surface area contributed by atoms with Gasteiger partial charge in [0, 0.05) is 29.0 Å². The van der Waals surface area contributed by atoms with Crippen molar-refractivity contribution in [2.24, 2.45) is 5.92 Å². The van der Waals surface area contributed by atoms with E-state index in [1.807, 2.05) is 0 Å². The number of halogens is 2. The van der Waals surface area contributed by atoms with Crippen LogP contribution in [0.3, 0.4) is 0 Å². The van der Waals surface area contributed by atoms with Gasteiger partial charge in [-0.3, -0.25) is 14.4 Å².